The summed E-state index contributed by atoms with van der Waals surface area (Å²) in [4.78, 5) is 0. The summed E-state index contributed by atoms with van der Waals surface area (Å²) in [5.74, 6) is 0.624. The SMILES string of the molecule is CCNC(c1cccc2ccsc12)C1OCCC1C. The molecule has 2 aromatic rings. The highest BCUT2D eigenvalue weighted by atomic mass is 32.1. The summed E-state index contributed by atoms with van der Waals surface area (Å²) in [5.41, 5.74) is 1.40. The molecule has 0 aliphatic carbocycles. The molecule has 2 heterocycles. The van der Waals surface area contributed by atoms with Gasteiger partial charge in [0, 0.05) is 11.3 Å². The molecule has 1 N–H and O–H groups in total. The number of hydrogen-bond donors (Lipinski definition) is 1. The van der Waals surface area contributed by atoms with E-state index in [1.807, 2.05) is 11.3 Å². The Balaban J connectivity index is 2.01. The molecule has 1 aromatic heterocycles. The van der Waals surface area contributed by atoms with Gasteiger partial charge in [-0.15, -0.1) is 11.3 Å². The normalized spacial score (nSPS) is 24.9. The van der Waals surface area contributed by atoms with Crippen LogP contribution in [0.15, 0.2) is 29.6 Å². The lowest BCUT2D eigenvalue weighted by atomic mass is 9.92. The third-order valence-corrected chi connectivity index (χ3v) is 5.02. The number of thiophene rings is 1. The predicted octanol–water partition coefficient (Wildman–Crippen LogP) is 3.98. The number of nitrogens with one attached hydrogen (secondary N) is 1. The monoisotopic (exact) mass is 275 g/mol. The molecule has 0 spiro atoms. The van der Waals surface area contributed by atoms with Gasteiger partial charge in [0.25, 0.3) is 0 Å². The van der Waals surface area contributed by atoms with Crippen LogP contribution in [-0.4, -0.2) is 19.3 Å². The van der Waals surface area contributed by atoms with Crippen molar-refractivity contribution in [1.29, 1.82) is 0 Å². The van der Waals surface area contributed by atoms with Gasteiger partial charge in [-0.2, -0.15) is 0 Å². The first-order valence-corrected chi connectivity index (χ1v) is 8.00. The Hall–Kier alpha value is -0.900. The van der Waals surface area contributed by atoms with Gasteiger partial charge in [-0.1, -0.05) is 32.0 Å². The molecule has 102 valence electrons. The van der Waals surface area contributed by atoms with Gasteiger partial charge in [-0.3, -0.25) is 0 Å². The van der Waals surface area contributed by atoms with Crippen molar-refractivity contribution in [2.24, 2.45) is 5.92 Å². The summed E-state index contributed by atoms with van der Waals surface area (Å²) < 4.78 is 7.40. The summed E-state index contributed by atoms with van der Waals surface area (Å²) in [7, 11) is 0. The van der Waals surface area contributed by atoms with Crippen molar-refractivity contribution in [3.63, 3.8) is 0 Å². The average molecular weight is 275 g/mol. The Bertz CT molecular complexity index is 550. The fourth-order valence-electron chi connectivity index (χ4n) is 3.03. The number of fused-ring (bicyclic) bond motifs is 1. The highest BCUT2D eigenvalue weighted by molar-refractivity contribution is 7.17. The zero-order valence-corrected chi connectivity index (χ0v) is 12.4. The molecule has 1 saturated heterocycles. The van der Waals surface area contributed by atoms with Gasteiger partial charge >= 0.3 is 0 Å². The van der Waals surface area contributed by atoms with E-state index >= 15 is 0 Å². The van der Waals surface area contributed by atoms with Gasteiger partial charge in [-0.05, 0) is 41.3 Å². The molecule has 0 bridgehead atoms. The Morgan fingerprint density at radius 3 is 3.05 bits per heavy atom. The van der Waals surface area contributed by atoms with Crippen molar-refractivity contribution in [2.75, 3.05) is 13.2 Å². The standard InChI is InChI=1S/C16H21NOS/c1-3-17-14(15-11(2)7-9-18-15)13-6-4-5-12-8-10-19-16(12)13/h4-6,8,10-11,14-15,17H,3,7,9H2,1-2H3. The fraction of sp³-hybridized carbons (Fsp3) is 0.500. The van der Waals surface area contributed by atoms with Crippen LogP contribution in [0.2, 0.25) is 0 Å². The average Bonchev–Trinajstić information content (AvgIpc) is 3.04. The van der Waals surface area contributed by atoms with Crippen LogP contribution >= 0.6 is 11.3 Å². The van der Waals surface area contributed by atoms with Crippen molar-refractivity contribution < 1.29 is 4.74 Å². The Labute approximate surface area is 118 Å². The number of ether oxygens (including phenoxy) is 1. The van der Waals surface area contributed by atoms with Gasteiger partial charge < -0.3 is 10.1 Å². The van der Waals surface area contributed by atoms with Crippen LogP contribution in [0.25, 0.3) is 10.1 Å². The number of hydrogen-bond acceptors (Lipinski definition) is 3. The second-order valence-electron chi connectivity index (χ2n) is 5.32. The minimum absolute atomic E-state index is 0.299. The Kier molecular flexibility index (Phi) is 3.87. The molecule has 3 atom stereocenters. The topological polar surface area (TPSA) is 21.3 Å². The van der Waals surface area contributed by atoms with E-state index in [1.54, 1.807) is 0 Å². The number of rotatable bonds is 4. The molecule has 2 nitrogen and oxygen atoms in total. The van der Waals surface area contributed by atoms with E-state index in [-0.39, 0.29) is 0 Å². The van der Waals surface area contributed by atoms with E-state index in [0.717, 1.165) is 13.2 Å². The smallest absolute Gasteiger partial charge is 0.0796 e. The van der Waals surface area contributed by atoms with Gasteiger partial charge in [0.15, 0.2) is 0 Å². The molecular weight excluding hydrogens is 254 g/mol. The van der Waals surface area contributed by atoms with E-state index in [2.05, 4.69) is 48.8 Å². The maximum Gasteiger partial charge on any atom is 0.0796 e. The van der Waals surface area contributed by atoms with E-state index in [9.17, 15) is 0 Å². The van der Waals surface area contributed by atoms with Crippen molar-refractivity contribution >= 4 is 21.4 Å². The second kappa shape index (κ2) is 5.61. The Morgan fingerprint density at radius 2 is 2.32 bits per heavy atom. The fourth-order valence-corrected chi connectivity index (χ4v) is 3.98. The van der Waals surface area contributed by atoms with Crippen molar-refractivity contribution in [2.45, 2.75) is 32.4 Å². The first kappa shape index (κ1) is 13.1. The van der Waals surface area contributed by atoms with Crippen LogP contribution < -0.4 is 5.32 Å². The third-order valence-electron chi connectivity index (χ3n) is 4.04. The summed E-state index contributed by atoms with van der Waals surface area (Å²) in [6, 6.07) is 9.11. The second-order valence-corrected chi connectivity index (χ2v) is 6.24. The van der Waals surface area contributed by atoms with Crippen LogP contribution in [0, 0.1) is 5.92 Å². The zero-order chi connectivity index (χ0) is 13.2. The predicted molar refractivity (Wildman–Crippen MR) is 81.8 cm³/mol. The van der Waals surface area contributed by atoms with Crippen LogP contribution in [0.4, 0.5) is 0 Å². The van der Waals surface area contributed by atoms with Crippen LogP contribution in [0.3, 0.4) is 0 Å². The van der Waals surface area contributed by atoms with Gasteiger partial charge in [-0.25, -0.2) is 0 Å². The molecule has 0 saturated carbocycles. The molecular formula is C16H21NOS. The van der Waals surface area contributed by atoms with Crippen LogP contribution in [0.5, 0.6) is 0 Å². The zero-order valence-electron chi connectivity index (χ0n) is 11.6. The van der Waals surface area contributed by atoms with E-state index in [0.29, 0.717) is 18.1 Å². The third kappa shape index (κ3) is 2.42. The van der Waals surface area contributed by atoms with Crippen molar-refractivity contribution in [3.05, 3.63) is 35.2 Å². The van der Waals surface area contributed by atoms with Crippen molar-refractivity contribution in [1.82, 2.24) is 5.32 Å². The summed E-state index contributed by atoms with van der Waals surface area (Å²) in [6.45, 7) is 6.34. The quantitative estimate of drug-likeness (QED) is 0.911. The molecule has 3 heteroatoms. The number of benzene rings is 1. The van der Waals surface area contributed by atoms with Gasteiger partial charge in [0.05, 0.1) is 12.1 Å². The van der Waals surface area contributed by atoms with E-state index in [4.69, 9.17) is 4.74 Å². The lowest BCUT2D eigenvalue weighted by molar-refractivity contribution is 0.0617. The Morgan fingerprint density at radius 1 is 1.42 bits per heavy atom. The van der Waals surface area contributed by atoms with E-state index in [1.165, 1.54) is 22.1 Å². The van der Waals surface area contributed by atoms with Gasteiger partial charge in [0.1, 0.15) is 0 Å². The molecule has 3 unspecified atom stereocenters. The minimum Gasteiger partial charge on any atom is -0.376 e. The first-order chi connectivity index (χ1) is 9.31. The summed E-state index contributed by atoms with van der Waals surface area (Å²) in [5, 5.41) is 7.16. The van der Waals surface area contributed by atoms with Crippen molar-refractivity contribution in [3.8, 4) is 0 Å². The summed E-state index contributed by atoms with van der Waals surface area (Å²) >= 11 is 1.83. The highest BCUT2D eigenvalue weighted by Gasteiger charge is 2.33. The molecule has 1 aromatic carbocycles. The minimum atomic E-state index is 0.299. The lowest BCUT2D eigenvalue weighted by Gasteiger charge is -2.27. The maximum absolute atomic E-state index is 6.00. The molecule has 0 amide bonds. The highest BCUT2D eigenvalue weighted by Crippen LogP contribution is 2.36. The molecule has 1 fully saturated rings. The maximum atomic E-state index is 6.00. The van der Waals surface area contributed by atoms with Crippen LogP contribution in [0.1, 0.15) is 31.9 Å². The van der Waals surface area contributed by atoms with Gasteiger partial charge in [0.2, 0.25) is 0 Å². The largest absolute Gasteiger partial charge is 0.376 e. The molecule has 1 aliphatic heterocycles. The molecule has 0 radical (unpaired) electrons. The molecule has 3 rings (SSSR count). The van der Waals surface area contributed by atoms with Crippen LogP contribution in [-0.2, 0) is 4.74 Å². The molecule has 1 aliphatic rings. The first-order valence-electron chi connectivity index (χ1n) is 7.12. The summed E-state index contributed by atoms with van der Waals surface area (Å²) in [6.07, 6.45) is 1.47. The van der Waals surface area contributed by atoms with E-state index < -0.39 is 0 Å². The molecule has 19 heavy (non-hydrogen) atoms. The number of likely N-dealkylation sites (N-methyl/N-ethyl adjacent to an activating group) is 1. The lowest BCUT2D eigenvalue weighted by Crippen LogP contribution is -2.34.